The summed E-state index contributed by atoms with van der Waals surface area (Å²) < 4.78 is 2.94. The molecule has 2 heterocycles. The summed E-state index contributed by atoms with van der Waals surface area (Å²) in [5.74, 6) is 0.662. The average Bonchev–Trinajstić information content (AvgIpc) is 3.18. The fourth-order valence-corrected chi connectivity index (χ4v) is 4.76. The Morgan fingerprint density at radius 3 is 2.63 bits per heavy atom. The molecule has 2 atom stereocenters. The minimum atomic E-state index is -0.202. The topological polar surface area (TPSA) is 59.0 Å². The second-order valence-corrected chi connectivity index (χ2v) is 9.25. The second-order valence-electron chi connectivity index (χ2n) is 8.40. The third kappa shape index (κ3) is 3.88. The number of hydrogen-bond acceptors (Lipinski definition) is 3. The van der Waals surface area contributed by atoms with E-state index in [4.69, 9.17) is 0 Å². The Kier molecular flexibility index (Phi) is 5.69. The maximum atomic E-state index is 13.3. The summed E-state index contributed by atoms with van der Waals surface area (Å²) >= 11 is 3.60. The molecule has 0 fully saturated rings. The Bertz CT molecular complexity index is 1040. The molecule has 2 N–H and O–H groups in total. The molecule has 30 heavy (non-hydrogen) atoms. The van der Waals surface area contributed by atoms with Crippen LogP contribution in [0.5, 0.6) is 0 Å². The van der Waals surface area contributed by atoms with Crippen molar-refractivity contribution < 1.29 is 4.79 Å². The maximum absolute atomic E-state index is 13.3. The smallest absolute Gasteiger partial charge is 0.257 e. The van der Waals surface area contributed by atoms with Crippen molar-refractivity contribution in [3.05, 3.63) is 82.0 Å². The molecule has 3 aromatic rings. The molecule has 1 aliphatic rings. The molecule has 156 valence electrons. The highest BCUT2D eigenvalue weighted by Crippen LogP contribution is 2.40. The first-order valence-corrected chi connectivity index (χ1v) is 11.2. The van der Waals surface area contributed by atoms with Gasteiger partial charge in [-0.3, -0.25) is 4.79 Å². The van der Waals surface area contributed by atoms with E-state index in [0.29, 0.717) is 5.56 Å². The number of benzene rings is 2. The SMILES string of the molecule is CCC(NC(=O)c1cnn2c1NC(c1ccccc1)CC2(C)C)c1ccccc1Br. The Morgan fingerprint density at radius 2 is 1.93 bits per heavy atom. The number of fused-ring (bicyclic) bond motifs is 1. The van der Waals surface area contributed by atoms with Gasteiger partial charge in [-0.15, -0.1) is 0 Å². The van der Waals surface area contributed by atoms with Crippen molar-refractivity contribution in [2.75, 3.05) is 5.32 Å². The van der Waals surface area contributed by atoms with Crippen LogP contribution < -0.4 is 10.6 Å². The molecular weight excluding hydrogens is 440 g/mol. The Hall–Kier alpha value is -2.60. The number of nitrogens with zero attached hydrogens (tertiary/aromatic N) is 2. The third-order valence-corrected chi connectivity index (χ3v) is 6.52. The van der Waals surface area contributed by atoms with Crippen LogP contribution in [0.1, 0.15) is 67.2 Å². The first kappa shape index (κ1) is 20.7. The molecule has 1 amide bonds. The lowest BCUT2D eigenvalue weighted by Crippen LogP contribution is -2.38. The highest BCUT2D eigenvalue weighted by molar-refractivity contribution is 9.10. The lowest BCUT2D eigenvalue weighted by Gasteiger charge is -2.38. The van der Waals surface area contributed by atoms with E-state index in [0.717, 1.165) is 28.7 Å². The number of carbonyl (C=O) groups is 1. The molecule has 4 rings (SSSR count). The molecule has 2 aromatic carbocycles. The van der Waals surface area contributed by atoms with Crippen molar-refractivity contribution in [3.8, 4) is 0 Å². The van der Waals surface area contributed by atoms with Crippen LogP contribution >= 0.6 is 15.9 Å². The van der Waals surface area contributed by atoms with E-state index in [2.05, 4.69) is 64.6 Å². The van der Waals surface area contributed by atoms with Crippen molar-refractivity contribution in [1.82, 2.24) is 15.1 Å². The summed E-state index contributed by atoms with van der Waals surface area (Å²) in [6.07, 6.45) is 3.37. The minimum absolute atomic E-state index is 0.0786. The largest absolute Gasteiger partial charge is 0.363 e. The van der Waals surface area contributed by atoms with Gasteiger partial charge in [-0.25, -0.2) is 4.68 Å². The van der Waals surface area contributed by atoms with E-state index in [9.17, 15) is 4.79 Å². The van der Waals surface area contributed by atoms with Gasteiger partial charge in [0.05, 0.1) is 23.8 Å². The summed E-state index contributed by atoms with van der Waals surface area (Å²) in [6, 6.07) is 18.4. The highest BCUT2D eigenvalue weighted by Gasteiger charge is 2.36. The number of carbonyl (C=O) groups excluding carboxylic acids is 1. The van der Waals surface area contributed by atoms with E-state index in [1.54, 1.807) is 6.20 Å². The van der Waals surface area contributed by atoms with Crippen LogP contribution in [0.25, 0.3) is 0 Å². The highest BCUT2D eigenvalue weighted by atomic mass is 79.9. The normalized spacial score (nSPS) is 18.2. The molecule has 2 unspecified atom stereocenters. The van der Waals surface area contributed by atoms with Crippen molar-refractivity contribution in [2.24, 2.45) is 0 Å². The van der Waals surface area contributed by atoms with Gasteiger partial charge in [-0.1, -0.05) is 71.4 Å². The minimum Gasteiger partial charge on any atom is -0.363 e. The summed E-state index contributed by atoms with van der Waals surface area (Å²) in [4.78, 5) is 13.3. The molecule has 1 aliphatic heterocycles. The Balaban J connectivity index is 1.63. The van der Waals surface area contributed by atoms with Gasteiger partial charge >= 0.3 is 0 Å². The number of hydrogen-bond donors (Lipinski definition) is 2. The molecule has 0 spiro atoms. The van der Waals surface area contributed by atoms with E-state index in [1.807, 2.05) is 47.1 Å². The Morgan fingerprint density at radius 1 is 1.23 bits per heavy atom. The van der Waals surface area contributed by atoms with Gasteiger partial charge in [-0.2, -0.15) is 5.10 Å². The molecular formula is C24H27BrN4O. The molecule has 6 heteroatoms. The van der Waals surface area contributed by atoms with Gasteiger partial charge in [0.15, 0.2) is 0 Å². The summed E-state index contributed by atoms with van der Waals surface area (Å²) in [5, 5.41) is 11.3. The lowest BCUT2D eigenvalue weighted by atomic mass is 9.89. The van der Waals surface area contributed by atoms with E-state index < -0.39 is 0 Å². The van der Waals surface area contributed by atoms with Crippen LogP contribution in [0.2, 0.25) is 0 Å². The summed E-state index contributed by atoms with van der Waals surface area (Å²) in [6.45, 7) is 6.40. The number of amides is 1. The predicted molar refractivity (Wildman–Crippen MR) is 124 cm³/mol. The first-order valence-electron chi connectivity index (χ1n) is 10.4. The standard InChI is InChI=1S/C24H27BrN4O/c1-4-20(17-12-8-9-13-19(17)25)28-23(30)18-15-26-29-22(18)27-21(14-24(29,2)3)16-10-6-5-7-11-16/h5-13,15,20-21,27H,4,14H2,1-3H3,(H,28,30). The molecule has 0 saturated heterocycles. The van der Waals surface area contributed by atoms with Crippen molar-refractivity contribution >= 4 is 27.7 Å². The molecule has 1 aromatic heterocycles. The van der Waals surface area contributed by atoms with Gasteiger partial charge in [0.2, 0.25) is 0 Å². The van der Waals surface area contributed by atoms with Crippen LogP contribution in [-0.4, -0.2) is 15.7 Å². The lowest BCUT2D eigenvalue weighted by molar-refractivity contribution is 0.0936. The first-order chi connectivity index (χ1) is 14.4. The molecule has 0 saturated carbocycles. The van der Waals surface area contributed by atoms with Crippen LogP contribution in [0.4, 0.5) is 5.82 Å². The van der Waals surface area contributed by atoms with E-state index in [1.165, 1.54) is 5.56 Å². The van der Waals surface area contributed by atoms with Crippen molar-refractivity contribution in [1.29, 1.82) is 0 Å². The number of aromatic nitrogens is 2. The third-order valence-electron chi connectivity index (χ3n) is 5.80. The van der Waals surface area contributed by atoms with Gasteiger partial charge in [0.25, 0.3) is 5.91 Å². The van der Waals surface area contributed by atoms with Crippen LogP contribution in [0.3, 0.4) is 0 Å². The molecule has 5 nitrogen and oxygen atoms in total. The maximum Gasteiger partial charge on any atom is 0.257 e. The van der Waals surface area contributed by atoms with Gasteiger partial charge in [0.1, 0.15) is 11.4 Å². The van der Waals surface area contributed by atoms with Crippen LogP contribution in [-0.2, 0) is 5.54 Å². The predicted octanol–water partition coefficient (Wildman–Crippen LogP) is 5.82. The molecule has 0 radical (unpaired) electrons. The Labute approximate surface area is 186 Å². The zero-order chi connectivity index (χ0) is 21.3. The van der Waals surface area contributed by atoms with Crippen molar-refractivity contribution in [3.63, 3.8) is 0 Å². The zero-order valence-corrected chi connectivity index (χ0v) is 19.1. The number of halogens is 1. The number of rotatable bonds is 5. The fraction of sp³-hybridized carbons (Fsp3) is 0.333. The van der Waals surface area contributed by atoms with E-state index in [-0.39, 0.29) is 23.5 Å². The monoisotopic (exact) mass is 466 g/mol. The zero-order valence-electron chi connectivity index (χ0n) is 17.5. The van der Waals surface area contributed by atoms with Crippen LogP contribution in [0, 0.1) is 0 Å². The quantitative estimate of drug-likeness (QED) is 0.497. The second kappa shape index (κ2) is 8.26. The van der Waals surface area contributed by atoms with E-state index >= 15 is 0 Å². The van der Waals surface area contributed by atoms with Gasteiger partial charge < -0.3 is 10.6 Å². The molecule has 0 aliphatic carbocycles. The van der Waals surface area contributed by atoms with Crippen molar-refractivity contribution in [2.45, 2.75) is 51.2 Å². The summed E-state index contributed by atoms with van der Waals surface area (Å²) in [5.41, 5.74) is 2.66. The molecule has 0 bridgehead atoms. The number of nitrogens with one attached hydrogen (secondary N) is 2. The summed E-state index contributed by atoms with van der Waals surface area (Å²) in [7, 11) is 0. The average molecular weight is 467 g/mol. The fourth-order valence-electron chi connectivity index (χ4n) is 4.19. The number of anilines is 1. The van der Waals surface area contributed by atoms with Crippen LogP contribution in [0.15, 0.2) is 65.3 Å². The van der Waals surface area contributed by atoms with Gasteiger partial charge in [0, 0.05) is 4.47 Å². The van der Waals surface area contributed by atoms with Gasteiger partial charge in [-0.05, 0) is 43.9 Å².